The van der Waals surface area contributed by atoms with Gasteiger partial charge >= 0.3 is 0 Å². The summed E-state index contributed by atoms with van der Waals surface area (Å²) in [6.07, 6.45) is 4.57. The third-order valence-corrected chi connectivity index (χ3v) is 5.74. The summed E-state index contributed by atoms with van der Waals surface area (Å²) in [6.45, 7) is 14.4. The van der Waals surface area contributed by atoms with Crippen LogP contribution in [0.1, 0.15) is 58.9 Å². The van der Waals surface area contributed by atoms with Gasteiger partial charge in [-0.05, 0) is 70.8 Å². The number of amides is 1. The molecule has 1 aromatic carbocycles. The summed E-state index contributed by atoms with van der Waals surface area (Å²) in [5, 5.41) is 6.83. The number of nitrogens with zero attached hydrogens (tertiary/aromatic N) is 3. The molecule has 0 radical (unpaired) electrons. The standard InChI is InChI=1S/C24H41N5O.HI/c1-5-25-24(27-20(4)12-11-18-28(6-2)7-3)26-17-10-15-23(30)29-19-16-21-13-8-9-14-22(21)29;/h8-9,13-14,20H,5-7,10-12,15-19H2,1-4H3,(H2,25,26,27);1H. The maximum Gasteiger partial charge on any atom is 0.227 e. The van der Waals surface area contributed by atoms with Gasteiger partial charge in [0.05, 0.1) is 0 Å². The van der Waals surface area contributed by atoms with Gasteiger partial charge in [0.15, 0.2) is 5.96 Å². The van der Waals surface area contributed by atoms with Crippen molar-refractivity contribution in [3.63, 3.8) is 0 Å². The van der Waals surface area contributed by atoms with Crippen LogP contribution in [0.2, 0.25) is 0 Å². The smallest absolute Gasteiger partial charge is 0.227 e. The van der Waals surface area contributed by atoms with Crippen LogP contribution in [0.15, 0.2) is 29.3 Å². The minimum absolute atomic E-state index is 0. The Labute approximate surface area is 206 Å². The number of anilines is 1. The van der Waals surface area contributed by atoms with Gasteiger partial charge in [0.25, 0.3) is 0 Å². The van der Waals surface area contributed by atoms with E-state index >= 15 is 0 Å². The van der Waals surface area contributed by atoms with Crippen LogP contribution in [-0.2, 0) is 11.2 Å². The highest BCUT2D eigenvalue weighted by atomic mass is 127. The first-order valence-electron chi connectivity index (χ1n) is 11.7. The number of rotatable bonds is 12. The highest BCUT2D eigenvalue weighted by molar-refractivity contribution is 14.0. The lowest BCUT2D eigenvalue weighted by Gasteiger charge is -2.21. The van der Waals surface area contributed by atoms with E-state index in [1.165, 1.54) is 12.0 Å². The largest absolute Gasteiger partial charge is 0.357 e. The molecule has 1 aliphatic heterocycles. The number of carbonyl (C=O) groups is 1. The molecule has 0 bridgehead atoms. The zero-order valence-electron chi connectivity index (χ0n) is 19.8. The number of benzene rings is 1. The Kier molecular flexibility index (Phi) is 13.8. The fourth-order valence-electron chi connectivity index (χ4n) is 3.94. The number of hydrogen-bond donors (Lipinski definition) is 2. The topological polar surface area (TPSA) is 60.0 Å². The molecule has 0 spiro atoms. The molecule has 2 rings (SSSR count). The second-order valence-electron chi connectivity index (χ2n) is 8.00. The van der Waals surface area contributed by atoms with Crippen molar-refractivity contribution >= 4 is 41.5 Å². The highest BCUT2D eigenvalue weighted by Crippen LogP contribution is 2.27. The summed E-state index contributed by atoms with van der Waals surface area (Å²) in [6, 6.07) is 8.59. The summed E-state index contributed by atoms with van der Waals surface area (Å²) >= 11 is 0. The first-order chi connectivity index (χ1) is 14.6. The number of carbonyl (C=O) groups excluding carboxylic acids is 1. The lowest BCUT2D eigenvalue weighted by molar-refractivity contribution is -0.118. The average Bonchev–Trinajstić information content (AvgIpc) is 3.18. The van der Waals surface area contributed by atoms with Crippen molar-refractivity contribution in [2.24, 2.45) is 4.99 Å². The Hall–Kier alpha value is -1.35. The molecule has 31 heavy (non-hydrogen) atoms. The molecule has 0 aliphatic carbocycles. The Morgan fingerprint density at radius 1 is 1.19 bits per heavy atom. The van der Waals surface area contributed by atoms with Crippen LogP contribution < -0.4 is 15.5 Å². The first-order valence-corrected chi connectivity index (χ1v) is 11.7. The van der Waals surface area contributed by atoms with Crippen molar-refractivity contribution in [3.8, 4) is 0 Å². The number of nitrogens with one attached hydrogen (secondary N) is 2. The number of hydrogen-bond acceptors (Lipinski definition) is 3. The zero-order valence-corrected chi connectivity index (χ0v) is 22.2. The Morgan fingerprint density at radius 2 is 1.94 bits per heavy atom. The molecule has 6 nitrogen and oxygen atoms in total. The first kappa shape index (κ1) is 27.7. The summed E-state index contributed by atoms with van der Waals surface area (Å²) in [5.41, 5.74) is 2.36. The normalized spacial score (nSPS) is 14.2. The fraction of sp³-hybridized carbons (Fsp3) is 0.667. The summed E-state index contributed by atoms with van der Waals surface area (Å²) in [7, 11) is 0. The quantitative estimate of drug-likeness (QED) is 0.181. The van der Waals surface area contributed by atoms with Crippen molar-refractivity contribution in [2.75, 3.05) is 44.2 Å². The summed E-state index contributed by atoms with van der Waals surface area (Å²) in [4.78, 5) is 21.7. The molecule has 1 aromatic rings. The van der Waals surface area contributed by atoms with E-state index in [0.29, 0.717) is 19.0 Å². The molecule has 0 saturated heterocycles. The highest BCUT2D eigenvalue weighted by Gasteiger charge is 2.23. The van der Waals surface area contributed by atoms with Crippen LogP contribution in [0.3, 0.4) is 0 Å². The van der Waals surface area contributed by atoms with Gasteiger partial charge in [0.2, 0.25) is 5.91 Å². The fourth-order valence-corrected chi connectivity index (χ4v) is 3.94. The third kappa shape index (κ3) is 9.35. The van der Waals surface area contributed by atoms with E-state index < -0.39 is 0 Å². The monoisotopic (exact) mass is 543 g/mol. The molecule has 2 N–H and O–H groups in total. The molecule has 0 saturated carbocycles. The minimum Gasteiger partial charge on any atom is -0.357 e. The second-order valence-corrected chi connectivity index (χ2v) is 8.00. The van der Waals surface area contributed by atoms with E-state index in [2.05, 4.69) is 54.3 Å². The van der Waals surface area contributed by atoms with Crippen LogP contribution in [0.4, 0.5) is 5.69 Å². The van der Waals surface area contributed by atoms with E-state index in [1.54, 1.807) is 0 Å². The van der Waals surface area contributed by atoms with Crippen molar-refractivity contribution < 1.29 is 4.79 Å². The van der Waals surface area contributed by atoms with E-state index in [-0.39, 0.29) is 29.9 Å². The molecule has 7 heteroatoms. The Morgan fingerprint density at radius 3 is 2.65 bits per heavy atom. The van der Waals surface area contributed by atoms with Gasteiger partial charge in [-0.25, -0.2) is 0 Å². The van der Waals surface area contributed by atoms with Gasteiger partial charge in [-0.1, -0.05) is 32.0 Å². The van der Waals surface area contributed by atoms with Crippen molar-refractivity contribution in [2.45, 2.75) is 65.8 Å². The summed E-state index contributed by atoms with van der Waals surface area (Å²) in [5.74, 6) is 1.06. The van der Waals surface area contributed by atoms with Crippen LogP contribution in [0.5, 0.6) is 0 Å². The molecular formula is C24H42IN5O. The molecule has 1 atom stereocenters. The van der Waals surface area contributed by atoms with Crippen LogP contribution in [0, 0.1) is 0 Å². The lowest BCUT2D eigenvalue weighted by atomic mass is 10.2. The van der Waals surface area contributed by atoms with Crippen LogP contribution in [-0.4, -0.2) is 62.1 Å². The maximum absolute atomic E-state index is 12.6. The number of para-hydroxylation sites is 1. The average molecular weight is 544 g/mol. The van der Waals surface area contributed by atoms with Gasteiger partial charge in [-0.2, -0.15) is 0 Å². The second kappa shape index (κ2) is 15.5. The van der Waals surface area contributed by atoms with Gasteiger partial charge in [0, 0.05) is 37.8 Å². The Balaban J connectivity index is 0.00000480. The van der Waals surface area contributed by atoms with Gasteiger partial charge in [-0.15, -0.1) is 24.0 Å². The number of halogens is 1. The molecule has 1 unspecified atom stereocenters. The molecule has 1 heterocycles. The van der Waals surface area contributed by atoms with Crippen LogP contribution in [0.25, 0.3) is 0 Å². The predicted molar refractivity (Wildman–Crippen MR) is 143 cm³/mol. The van der Waals surface area contributed by atoms with E-state index in [0.717, 1.165) is 63.6 Å². The molecule has 1 amide bonds. The van der Waals surface area contributed by atoms with E-state index in [4.69, 9.17) is 0 Å². The SMILES string of the molecule is CCNC(=NCCCC(=O)N1CCc2ccccc21)NC(C)CCCN(CC)CC.I. The molecule has 176 valence electrons. The molecular weight excluding hydrogens is 501 g/mol. The minimum atomic E-state index is 0. The van der Waals surface area contributed by atoms with E-state index in [1.807, 2.05) is 23.1 Å². The number of aliphatic imine (C=N–C) groups is 1. The Bertz CT molecular complexity index is 678. The maximum atomic E-state index is 12.6. The molecule has 0 fully saturated rings. The third-order valence-electron chi connectivity index (χ3n) is 5.74. The summed E-state index contributed by atoms with van der Waals surface area (Å²) < 4.78 is 0. The van der Waals surface area contributed by atoms with Gasteiger partial charge < -0.3 is 20.4 Å². The molecule has 1 aliphatic rings. The van der Waals surface area contributed by atoms with Crippen LogP contribution >= 0.6 is 24.0 Å². The van der Waals surface area contributed by atoms with Crippen molar-refractivity contribution in [1.82, 2.24) is 15.5 Å². The predicted octanol–water partition coefficient (Wildman–Crippen LogP) is 4.04. The molecule has 0 aromatic heterocycles. The van der Waals surface area contributed by atoms with Crippen molar-refractivity contribution in [3.05, 3.63) is 29.8 Å². The zero-order chi connectivity index (χ0) is 21.8. The van der Waals surface area contributed by atoms with Crippen molar-refractivity contribution in [1.29, 1.82) is 0 Å². The van der Waals surface area contributed by atoms with Gasteiger partial charge in [0.1, 0.15) is 0 Å². The lowest BCUT2D eigenvalue weighted by Crippen LogP contribution is -2.42. The number of fused-ring (bicyclic) bond motifs is 1. The van der Waals surface area contributed by atoms with Gasteiger partial charge in [-0.3, -0.25) is 9.79 Å². The number of guanidine groups is 1. The van der Waals surface area contributed by atoms with E-state index in [9.17, 15) is 4.79 Å².